The minimum atomic E-state index is -0.821. The highest BCUT2D eigenvalue weighted by atomic mass is 16.4. The van der Waals surface area contributed by atoms with E-state index in [0.29, 0.717) is 18.4 Å². The predicted molar refractivity (Wildman–Crippen MR) is 81.4 cm³/mol. The largest absolute Gasteiger partial charge is 0.481 e. The van der Waals surface area contributed by atoms with E-state index in [9.17, 15) is 14.7 Å². The maximum atomic E-state index is 12.5. The van der Waals surface area contributed by atoms with Crippen molar-refractivity contribution in [3.63, 3.8) is 0 Å². The van der Waals surface area contributed by atoms with Gasteiger partial charge in [0.15, 0.2) is 0 Å². The van der Waals surface area contributed by atoms with E-state index in [0.717, 1.165) is 24.0 Å². The summed E-state index contributed by atoms with van der Waals surface area (Å²) < 4.78 is 0. The molecule has 0 radical (unpaired) electrons. The molecule has 114 valence electrons. The molecule has 1 aliphatic rings. The highest BCUT2D eigenvalue weighted by molar-refractivity contribution is 5.96. The molecule has 4 nitrogen and oxygen atoms in total. The Kier molecular flexibility index (Phi) is 4.35. The van der Waals surface area contributed by atoms with E-state index in [4.69, 9.17) is 0 Å². The lowest BCUT2D eigenvalue weighted by Gasteiger charge is -2.40. The first-order chi connectivity index (χ1) is 9.83. The minimum Gasteiger partial charge on any atom is -0.481 e. The highest BCUT2D eigenvalue weighted by Crippen LogP contribution is 2.34. The highest BCUT2D eigenvalue weighted by Gasteiger charge is 2.42. The summed E-state index contributed by atoms with van der Waals surface area (Å²) >= 11 is 0. The fraction of sp³-hybridized carbons (Fsp3) is 0.529. The van der Waals surface area contributed by atoms with Gasteiger partial charge in [-0.05, 0) is 45.2 Å². The van der Waals surface area contributed by atoms with Crippen molar-refractivity contribution >= 4 is 11.9 Å². The second-order valence-electron chi connectivity index (χ2n) is 6.33. The summed E-state index contributed by atoms with van der Waals surface area (Å²) in [6.45, 7) is 5.74. The van der Waals surface area contributed by atoms with Gasteiger partial charge in [-0.1, -0.05) is 30.5 Å². The summed E-state index contributed by atoms with van der Waals surface area (Å²) in [5, 5.41) is 12.4. The van der Waals surface area contributed by atoms with Gasteiger partial charge in [-0.15, -0.1) is 0 Å². The second-order valence-corrected chi connectivity index (χ2v) is 6.33. The van der Waals surface area contributed by atoms with Crippen molar-refractivity contribution in [2.75, 3.05) is 0 Å². The zero-order chi connectivity index (χ0) is 15.6. The van der Waals surface area contributed by atoms with Gasteiger partial charge < -0.3 is 10.4 Å². The van der Waals surface area contributed by atoms with Gasteiger partial charge in [-0.2, -0.15) is 0 Å². The Labute approximate surface area is 125 Å². The van der Waals surface area contributed by atoms with Crippen LogP contribution in [-0.4, -0.2) is 22.5 Å². The van der Waals surface area contributed by atoms with E-state index < -0.39 is 17.4 Å². The first kappa shape index (κ1) is 15.5. The van der Waals surface area contributed by atoms with E-state index in [1.54, 1.807) is 0 Å². The lowest BCUT2D eigenvalue weighted by Crippen LogP contribution is -2.55. The van der Waals surface area contributed by atoms with E-state index in [-0.39, 0.29) is 5.91 Å². The maximum Gasteiger partial charge on any atom is 0.308 e. The van der Waals surface area contributed by atoms with Crippen LogP contribution >= 0.6 is 0 Å². The quantitative estimate of drug-likeness (QED) is 0.898. The lowest BCUT2D eigenvalue weighted by atomic mass is 9.73. The van der Waals surface area contributed by atoms with Gasteiger partial charge in [0.2, 0.25) is 0 Å². The van der Waals surface area contributed by atoms with Gasteiger partial charge >= 0.3 is 5.97 Å². The Bertz CT molecular complexity index is 567. The molecule has 1 aromatic rings. The number of amides is 1. The van der Waals surface area contributed by atoms with Crippen LogP contribution in [0.15, 0.2) is 18.2 Å². The van der Waals surface area contributed by atoms with Gasteiger partial charge in [0.25, 0.3) is 5.91 Å². The Balaban J connectivity index is 2.22. The molecule has 0 bridgehead atoms. The maximum absolute atomic E-state index is 12.5. The van der Waals surface area contributed by atoms with Crippen molar-refractivity contribution in [2.24, 2.45) is 5.92 Å². The molecule has 1 saturated carbocycles. The molecule has 0 aliphatic heterocycles. The first-order valence-corrected chi connectivity index (χ1v) is 7.46. The normalized spacial score (nSPS) is 25.4. The molecule has 1 aliphatic carbocycles. The third-order valence-corrected chi connectivity index (χ3v) is 4.53. The van der Waals surface area contributed by atoms with Gasteiger partial charge in [-0.25, -0.2) is 0 Å². The first-order valence-electron chi connectivity index (χ1n) is 7.46. The zero-order valence-corrected chi connectivity index (χ0v) is 12.9. The van der Waals surface area contributed by atoms with Gasteiger partial charge in [-0.3, -0.25) is 9.59 Å². The number of carboxylic acid groups (broad SMARTS) is 1. The molecule has 4 heteroatoms. The summed E-state index contributed by atoms with van der Waals surface area (Å²) in [6.07, 6.45) is 3.19. The van der Waals surface area contributed by atoms with Crippen LogP contribution in [0.2, 0.25) is 0 Å². The number of carbonyl (C=O) groups excluding carboxylic acids is 1. The average Bonchev–Trinajstić information content (AvgIpc) is 2.37. The molecule has 0 saturated heterocycles. The molecular formula is C17H23NO3. The van der Waals surface area contributed by atoms with Crippen molar-refractivity contribution in [3.8, 4) is 0 Å². The molecule has 2 rings (SSSR count). The Morgan fingerprint density at radius 2 is 2.00 bits per heavy atom. The molecule has 21 heavy (non-hydrogen) atoms. The van der Waals surface area contributed by atoms with Gasteiger partial charge in [0.1, 0.15) is 0 Å². The third kappa shape index (κ3) is 3.26. The fourth-order valence-corrected chi connectivity index (χ4v) is 3.27. The molecule has 0 aromatic heterocycles. The average molecular weight is 289 g/mol. The van der Waals surface area contributed by atoms with Crippen LogP contribution in [0.4, 0.5) is 0 Å². The van der Waals surface area contributed by atoms with Crippen LogP contribution < -0.4 is 5.32 Å². The number of carboxylic acids is 1. The summed E-state index contributed by atoms with van der Waals surface area (Å²) in [4.78, 5) is 24.0. The van der Waals surface area contributed by atoms with Crippen molar-refractivity contribution in [1.29, 1.82) is 0 Å². The number of hydrogen-bond donors (Lipinski definition) is 2. The molecule has 1 fully saturated rings. The number of hydrogen-bond acceptors (Lipinski definition) is 2. The van der Waals surface area contributed by atoms with Crippen molar-refractivity contribution < 1.29 is 14.7 Å². The number of aryl methyl sites for hydroxylation is 2. The predicted octanol–water partition coefficient (Wildman–Crippen LogP) is 3.07. The molecule has 2 N–H and O–H groups in total. The Morgan fingerprint density at radius 3 is 2.62 bits per heavy atom. The molecule has 0 heterocycles. The molecule has 1 aromatic carbocycles. The molecule has 2 atom stereocenters. The summed E-state index contributed by atoms with van der Waals surface area (Å²) in [6, 6.07) is 5.68. The van der Waals surface area contributed by atoms with Crippen LogP contribution in [-0.2, 0) is 4.79 Å². The number of carbonyl (C=O) groups is 2. The standard InChI is InChI=1S/C17H23NO3/c1-11-7-8-13(12(2)10-11)15(19)18-17(3)9-5-4-6-14(17)16(20)21/h7-8,10,14H,4-6,9H2,1-3H3,(H,18,19)(H,20,21). The van der Waals surface area contributed by atoms with Gasteiger partial charge in [0, 0.05) is 5.56 Å². The van der Waals surface area contributed by atoms with E-state index in [1.807, 2.05) is 39.0 Å². The van der Waals surface area contributed by atoms with Crippen LogP contribution in [0.3, 0.4) is 0 Å². The van der Waals surface area contributed by atoms with Crippen LogP contribution in [0.25, 0.3) is 0 Å². The Morgan fingerprint density at radius 1 is 1.29 bits per heavy atom. The number of nitrogens with one attached hydrogen (secondary N) is 1. The topological polar surface area (TPSA) is 66.4 Å². The summed E-state index contributed by atoms with van der Waals surface area (Å²) in [7, 11) is 0. The molecular weight excluding hydrogens is 266 g/mol. The minimum absolute atomic E-state index is 0.178. The molecule has 2 unspecified atom stereocenters. The van der Waals surface area contributed by atoms with Crippen LogP contribution in [0.1, 0.15) is 54.1 Å². The summed E-state index contributed by atoms with van der Waals surface area (Å²) in [5.41, 5.74) is 1.98. The SMILES string of the molecule is Cc1ccc(C(=O)NC2(C)CCCCC2C(=O)O)c(C)c1. The van der Waals surface area contributed by atoms with Crippen LogP contribution in [0, 0.1) is 19.8 Å². The fourth-order valence-electron chi connectivity index (χ4n) is 3.27. The zero-order valence-electron chi connectivity index (χ0n) is 12.9. The number of rotatable bonds is 3. The smallest absolute Gasteiger partial charge is 0.308 e. The van der Waals surface area contributed by atoms with Crippen molar-refractivity contribution in [2.45, 2.75) is 52.0 Å². The Hall–Kier alpha value is -1.84. The van der Waals surface area contributed by atoms with Crippen LogP contribution in [0.5, 0.6) is 0 Å². The van der Waals surface area contributed by atoms with Gasteiger partial charge in [0.05, 0.1) is 11.5 Å². The summed E-state index contributed by atoms with van der Waals surface area (Å²) in [5.74, 6) is -1.51. The third-order valence-electron chi connectivity index (χ3n) is 4.53. The van der Waals surface area contributed by atoms with Crippen molar-refractivity contribution in [1.82, 2.24) is 5.32 Å². The molecule has 1 amide bonds. The van der Waals surface area contributed by atoms with E-state index >= 15 is 0 Å². The second kappa shape index (κ2) is 5.88. The van der Waals surface area contributed by atoms with E-state index in [2.05, 4.69) is 5.32 Å². The van der Waals surface area contributed by atoms with Crippen molar-refractivity contribution in [3.05, 3.63) is 34.9 Å². The molecule has 0 spiro atoms. The monoisotopic (exact) mass is 289 g/mol. The van der Waals surface area contributed by atoms with E-state index in [1.165, 1.54) is 0 Å². The number of benzene rings is 1. The number of aliphatic carboxylic acids is 1. The lowest BCUT2D eigenvalue weighted by molar-refractivity contribution is -0.145.